The molecule has 5 heteroatoms. The van der Waals surface area contributed by atoms with Crippen molar-refractivity contribution in [1.29, 1.82) is 5.26 Å². The van der Waals surface area contributed by atoms with Crippen molar-refractivity contribution in [1.82, 2.24) is 0 Å². The molecular formula is C20H14ClN3O. The van der Waals surface area contributed by atoms with Crippen LogP contribution in [0.25, 0.3) is 0 Å². The standard InChI is InChI=1S/C20H14ClN3O/c21-16-3-1-2-15(12-16)20(25)24-19-10-8-18(9-11-19)23-17-6-4-14(13-22)5-7-17/h1-12,23H,(H,24,25). The van der Waals surface area contributed by atoms with Gasteiger partial charge in [0.1, 0.15) is 0 Å². The average molecular weight is 348 g/mol. The molecule has 0 spiro atoms. The first-order chi connectivity index (χ1) is 12.1. The second-order valence-electron chi connectivity index (χ2n) is 5.36. The van der Waals surface area contributed by atoms with Gasteiger partial charge in [0.15, 0.2) is 0 Å². The number of carbonyl (C=O) groups excluding carboxylic acids is 1. The average Bonchev–Trinajstić information content (AvgIpc) is 2.64. The Bertz CT molecular complexity index is 928. The van der Waals surface area contributed by atoms with E-state index in [9.17, 15) is 4.79 Å². The van der Waals surface area contributed by atoms with Gasteiger partial charge < -0.3 is 10.6 Å². The Hall–Kier alpha value is -3.29. The number of benzene rings is 3. The van der Waals surface area contributed by atoms with Crippen LogP contribution in [0.3, 0.4) is 0 Å². The van der Waals surface area contributed by atoms with Crippen LogP contribution >= 0.6 is 11.6 Å². The van der Waals surface area contributed by atoms with E-state index in [0.717, 1.165) is 11.4 Å². The van der Waals surface area contributed by atoms with Crippen LogP contribution in [0.4, 0.5) is 17.1 Å². The summed E-state index contributed by atoms with van der Waals surface area (Å²) in [5.41, 5.74) is 3.58. The zero-order chi connectivity index (χ0) is 17.6. The highest BCUT2D eigenvalue weighted by molar-refractivity contribution is 6.31. The first-order valence-electron chi connectivity index (χ1n) is 7.58. The number of rotatable bonds is 4. The fourth-order valence-corrected chi connectivity index (χ4v) is 2.45. The van der Waals surface area contributed by atoms with Crippen LogP contribution in [0.2, 0.25) is 5.02 Å². The molecule has 0 aromatic heterocycles. The normalized spacial score (nSPS) is 9.92. The Kier molecular flexibility index (Phi) is 4.98. The van der Waals surface area contributed by atoms with Crippen LogP contribution in [-0.2, 0) is 0 Å². The van der Waals surface area contributed by atoms with E-state index in [2.05, 4.69) is 16.7 Å². The lowest BCUT2D eigenvalue weighted by Gasteiger charge is -2.09. The number of nitriles is 1. The predicted molar refractivity (Wildman–Crippen MR) is 100 cm³/mol. The van der Waals surface area contributed by atoms with Gasteiger partial charge in [-0.3, -0.25) is 4.79 Å². The van der Waals surface area contributed by atoms with Gasteiger partial charge in [0, 0.05) is 27.6 Å². The van der Waals surface area contributed by atoms with Gasteiger partial charge in [-0.15, -0.1) is 0 Å². The van der Waals surface area contributed by atoms with Crippen molar-refractivity contribution in [2.45, 2.75) is 0 Å². The number of halogens is 1. The molecule has 2 N–H and O–H groups in total. The minimum atomic E-state index is -0.213. The maximum Gasteiger partial charge on any atom is 0.255 e. The fraction of sp³-hybridized carbons (Fsp3) is 0. The number of hydrogen-bond acceptors (Lipinski definition) is 3. The van der Waals surface area contributed by atoms with Crippen LogP contribution in [0, 0.1) is 11.3 Å². The molecule has 0 saturated carbocycles. The zero-order valence-electron chi connectivity index (χ0n) is 13.2. The van der Waals surface area contributed by atoms with E-state index in [-0.39, 0.29) is 5.91 Å². The van der Waals surface area contributed by atoms with E-state index in [0.29, 0.717) is 21.8 Å². The molecule has 0 atom stereocenters. The van der Waals surface area contributed by atoms with Gasteiger partial charge in [-0.2, -0.15) is 5.26 Å². The highest BCUT2D eigenvalue weighted by Crippen LogP contribution is 2.20. The summed E-state index contributed by atoms with van der Waals surface area (Å²) < 4.78 is 0. The summed E-state index contributed by atoms with van der Waals surface area (Å²) in [7, 11) is 0. The van der Waals surface area contributed by atoms with Crippen LogP contribution < -0.4 is 10.6 Å². The van der Waals surface area contributed by atoms with Crippen LogP contribution in [-0.4, -0.2) is 5.91 Å². The van der Waals surface area contributed by atoms with E-state index in [1.165, 1.54) is 0 Å². The summed E-state index contributed by atoms with van der Waals surface area (Å²) in [5.74, 6) is -0.213. The number of hydrogen-bond donors (Lipinski definition) is 2. The van der Waals surface area contributed by atoms with Crippen molar-refractivity contribution in [2.75, 3.05) is 10.6 Å². The number of nitrogens with zero attached hydrogens (tertiary/aromatic N) is 1. The third-order valence-electron chi connectivity index (χ3n) is 3.53. The number of nitrogens with one attached hydrogen (secondary N) is 2. The highest BCUT2D eigenvalue weighted by atomic mass is 35.5. The van der Waals surface area contributed by atoms with E-state index in [1.54, 1.807) is 36.4 Å². The van der Waals surface area contributed by atoms with Crippen molar-refractivity contribution in [3.63, 3.8) is 0 Å². The molecule has 25 heavy (non-hydrogen) atoms. The third-order valence-corrected chi connectivity index (χ3v) is 3.77. The van der Waals surface area contributed by atoms with Gasteiger partial charge in [0.05, 0.1) is 11.6 Å². The minimum Gasteiger partial charge on any atom is -0.356 e. The Balaban J connectivity index is 1.65. The zero-order valence-corrected chi connectivity index (χ0v) is 13.9. The summed E-state index contributed by atoms with van der Waals surface area (Å²) in [6.45, 7) is 0. The van der Waals surface area contributed by atoms with E-state index >= 15 is 0 Å². The minimum absolute atomic E-state index is 0.213. The summed E-state index contributed by atoms with van der Waals surface area (Å²) in [6, 6.07) is 23.4. The predicted octanol–water partition coefficient (Wildman–Crippen LogP) is 5.21. The molecule has 3 aromatic carbocycles. The molecule has 0 radical (unpaired) electrons. The van der Waals surface area contributed by atoms with Crippen molar-refractivity contribution < 1.29 is 4.79 Å². The Morgan fingerprint density at radius 2 is 1.48 bits per heavy atom. The lowest BCUT2D eigenvalue weighted by Crippen LogP contribution is -2.11. The topological polar surface area (TPSA) is 64.9 Å². The summed E-state index contributed by atoms with van der Waals surface area (Å²) >= 11 is 5.90. The molecule has 122 valence electrons. The molecule has 0 fully saturated rings. The molecule has 3 rings (SSSR count). The van der Waals surface area contributed by atoms with Gasteiger partial charge in [-0.25, -0.2) is 0 Å². The quantitative estimate of drug-likeness (QED) is 0.681. The Labute approximate surface area is 150 Å². The molecule has 4 nitrogen and oxygen atoms in total. The lowest BCUT2D eigenvalue weighted by molar-refractivity contribution is 0.102. The molecule has 0 aliphatic carbocycles. The number of carbonyl (C=O) groups is 1. The SMILES string of the molecule is N#Cc1ccc(Nc2ccc(NC(=O)c3cccc(Cl)c3)cc2)cc1. The Morgan fingerprint density at radius 1 is 0.880 bits per heavy atom. The fourth-order valence-electron chi connectivity index (χ4n) is 2.26. The third kappa shape index (κ3) is 4.37. The van der Waals surface area contributed by atoms with E-state index < -0.39 is 0 Å². The molecule has 0 saturated heterocycles. The molecular weight excluding hydrogens is 334 g/mol. The Morgan fingerprint density at radius 3 is 2.08 bits per heavy atom. The van der Waals surface area contributed by atoms with Crippen molar-refractivity contribution in [3.8, 4) is 6.07 Å². The van der Waals surface area contributed by atoms with Crippen molar-refractivity contribution in [2.24, 2.45) is 0 Å². The summed E-state index contributed by atoms with van der Waals surface area (Å²) in [5, 5.41) is 15.4. The summed E-state index contributed by atoms with van der Waals surface area (Å²) in [4.78, 5) is 12.2. The van der Waals surface area contributed by atoms with Gasteiger partial charge in [0.25, 0.3) is 5.91 Å². The van der Waals surface area contributed by atoms with E-state index in [4.69, 9.17) is 16.9 Å². The van der Waals surface area contributed by atoms with Crippen LogP contribution in [0.5, 0.6) is 0 Å². The highest BCUT2D eigenvalue weighted by Gasteiger charge is 2.06. The van der Waals surface area contributed by atoms with Crippen molar-refractivity contribution >= 4 is 34.6 Å². The van der Waals surface area contributed by atoms with Gasteiger partial charge in [-0.1, -0.05) is 17.7 Å². The van der Waals surface area contributed by atoms with Crippen molar-refractivity contribution in [3.05, 3.63) is 88.9 Å². The summed E-state index contributed by atoms with van der Waals surface area (Å²) in [6.07, 6.45) is 0. The second-order valence-corrected chi connectivity index (χ2v) is 5.79. The maximum atomic E-state index is 12.2. The first kappa shape index (κ1) is 16.6. The lowest BCUT2D eigenvalue weighted by atomic mass is 10.2. The molecule has 0 aliphatic rings. The van der Waals surface area contributed by atoms with Gasteiger partial charge >= 0.3 is 0 Å². The molecule has 0 bridgehead atoms. The largest absolute Gasteiger partial charge is 0.356 e. The van der Waals surface area contributed by atoms with Gasteiger partial charge in [-0.05, 0) is 66.7 Å². The monoisotopic (exact) mass is 347 g/mol. The molecule has 0 aliphatic heterocycles. The number of amides is 1. The van der Waals surface area contributed by atoms with Gasteiger partial charge in [0.2, 0.25) is 0 Å². The first-order valence-corrected chi connectivity index (χ1v) is 7.96. The molecule has 0 heterocycles. The smallest absolute Gasteiger partial charge is 0.255 e. The molecule has 0 unspecified atom stereocenters. The van der Waals surface area contributed by atoms with Crippen LogP contribution in [0.15, 0.2) is 72.8 Å². The van der Waals surface area contributed by atoms with Crippen LogP contribution in [0.1, 0.15) is 15.9 Å². The number of anilines is 3. The van der Waals surface area contributed by atoms with E-state index in [1.807, 2.05) is 36.4 Å². The maximum absolute atomic E-state index is 12.2. The second kappa shape index (κ2) is 7.52. The molecule has 3 aromatic rings. The molecule has 1 amide bonds.